The molecule has 1 aliphatic heterocycles. The lowest BCUT2D eigenvalue weighted by Crippen LogP contribution is -2.46. The van der Waals surface area contributed by atoms with Crippen LogP contribution in [-0.2, 0) is 4.79 Å². The van der Waals surface area contributed by atoms with Gasteiger partial charge in [0.2, 0.25) is 5.91 Å². The highest BCUT2D eigenvalue weighted by Crippen LogP contribution is 2.35. The molecule has 1 saturated carbocycles. The normalized spacial score (nSPS) is 41.1. The van der Waals surface area contributed by atoms with Crippen LogP contribution in [0.15, 0.2) is 0 Å². The summed E-state index contributed by atoms with van der Waals surface area (Å²) in [7, 11) is 0. The van der Waals surface area contributed by atoms with Crippen molar-refractivity contribution in [2.75, 3.05) is 13.1 Å². The summed E-state index contributed by atoms with van der Waals surface area (Å²) < 4.78 is 0. The fraction of sp³-hybridized carbons (Fsp3) is 0.933. The van der Waals surface area contributed by atoms with E-state index in [1.807, 2.05) is 0 Å². The SMILES string of the molecule is CCC1CCN(C(=O)C2CC(N)C(C)CC2C)C1. The monoisotopic (exact) mass is 252 g/mol. The Morgan fingerprint density at radius 3 is 2.61 bits per heavy atom. The number of nitrogens with zero attached hydrogens (tertiary/aromatic N) is 1. The number of likely N-dealkylation sites (tertiary alicyclic amines) is 1. The van der Waals surface area contributed by atoms with Gasteiger partial charge in [-0.2, -0.15) is 0 Å². The molecule has 0 radical (unpaired) electrons. The Labute approximate surface area is 111 Å². The standard InChI is InChI=1S/C15H28N2O/c1-4-12-5-6-17(9-12)15(18)13-8-14(16)11(3)7-10(13)2/h10-14H,4-9,16H2,1-3H3. The van der Waals surface area contributed by atoms with E-state index < -0.39 is 0 Å². The van der Waals surface area contributed by atoms with E-state index in [9.17, 15) is 4.79 Å². The minimum Gasteiger partial charge on any atom is -0.342 e. The molecule has 5 atom stereocenters. The lowest BCUT2D eigenvalue weighted by Gasteiger charge is -2.37. The molecule has 2 aliphatic rings. The van der Waals surface area contributed by atoms with Crippen LogP contribution in [-0.4, -0.2) is 29.9 Å². The first-order valence-corrected chi connectivity index (χ1v) is 7.57. The van der Waals surface area contributed by atoms with Gasteiger partial charge in [0.15, 0.2) is 0 Å². The van der Waals surface area contributed by atoms with Gasteiger partial charge >= 0.3 is 0 Å². The molecule has 0 bridgehead atoms. The van der Waals surface area contributed by atoms with E-state index >= 15 is 0 Å². The Kier molecular flexibility index (Phi) is 4.31. The van der Waals surface area contributed by atoms with E-state index in [2.05, 4.69) is 25.7 Å². The summed E-state index contributed by atoms with van der Waals surface area (Å²) >= 11 is 0. The number of hydrogen-bond acceptors (Lipinski definition) is 2. The van der Waals surface area contributed by atoms with Gasteiger partial charge in [-0.15, -0.1) is 0 Å². The molecule has 5 unspecified atom stereocenters. The molecule has 2 fully saturated rings. The fourth-order valence-electron chi connectivity index (χ4n) is 3.63. The lowest BCUT2D eigenvalue weighted by atomic mass is 9.72. The van der Waals surface area contributed by atoms with Gasteiger partial charge in [0.1, 0.15) is 0 Å². The quantitative estimate of drug-likeness (QED) is 0.819. The van der Waals surface area contributed by atoms with Crippen molar-refractivity contribution < 1.29 is 4.79 Å². The summed E-state index contributed by atoms with van der Waals surface area (Å²) in [5.41, 5.74) is 6.15. The Hall–Kier alpha value is -0.570. The lowest BCUT2D eigenvalue weighted by molar-refractivity contribution is -0.138. The molecule has 1 aliphatic carbocycles. The molecule has 1 saturated heterocycles. The van der Waals surface area contributed by atoms with Gasteiger partial charge in [-0.05, 0) is 37.0 Å². The molecule has 2 N–H and O–H groups in total. The smallest absolute Gasteiger partial charge is 0.226 e. The third kappa shape index (κ3) is 2.71. The Morgan fingerprint density at radius 1 is 1.28 bits per heavy atom. The van der Waals surface area contributed by atoms with Crippen molar-refractivity contribution >= 4 is 5.91 Å². The summed E-state index contributed by atoms with van der Waals surface area (Å²) in [6.07, 6.45) is 4.36. The second kappa shape index (κ2) is 5.60. The van der Waals surface area contributed by atoms with Crippen molar-refractivity contribution in [1.82, 2.24) is 4.90 Å². The van der Waals surface area contributed by atoms with Crippen LogP contribution >= 0.6 is 0 Å². The maximum absolute atomic E-state index is 12.6. The third-order valence-electron chi connectivity index (χ3n) is 5.18. The van der Waals surface area contributed by atoms with Crippen LogP contribution in [0.5, 0.6) is 0 Å². The Balaban J connectivity index is 1.96. The van der Waals surface area contributed by atoms with Gasteiger partial charge in [0.25, 0.3) is 0 Å². The van der Waals surface area contributed by atoms with E-state index in [1.54, 1.807) is 0 Å². The van der Waals surface area contributed by atoms with Crippen molar-refractivity contribution in [3.05, 3.63) is 0 Å². The zero-order chi connectivity index (χ0) is 13.3. The highest BCUT2D eigenvalue weighted by molar-refractivity contribution is 5.79. The van der Waals surface area contributed by atoms with E-state index in [1.165, 1.54) is 12.8 Å². The van der Waals surface area contributed by atoms with Crippen molar-refractivity contribution in [1.29, 1.82) is 0 Å². The molecule has 104 valence electrons. The first-order chi connectivity index (χ1) is 8.52. The van der Waals surface area contributed by atoms with Crippen LogP contribution in [0.3, 0.4) is 0 Å². The zero-order valence-corrected chi connectivity index (χ0v) is 12.1. The summed E-state index contributed by atoms with van der Waals surface area (Å²) in [5.74, 6) is 2.33. The summed E-state index contributed by atoms with van der Waals surface area (Å²) in [6, 6.07) is 0.208. The van der Waals surface area contributed by atoms with E-state index in [0.29, 0.717) is 17.7 Å². The summed E-state index contributed by atoms with van der Waals surface area (Å²) in [5, 5.41) is 0. The molecule has 1 heterocycles. The van der Waals surface area contributed by atoms with Crippen LogP contribution < -0.4 is 5.73 Å². The molecule has 0 aromatic carbocycles. The second-order valence-electron chi connectivity index (χ2n) is 6.54. The molecule has 3 heteroatoms. The number of rotatable bonds is 2. The van der Waals surface area contributed by atoms with Crippen molar-refractivity contribution in [3.63, 3.8) is 0 Å². The maximum Gasteiger partial charge on any atom is 0.226 e. The average Bonchev–Trinajstić information content (AvgIpc) is 2.81. The van der Waals surface area contributed by atoms with E-state index in [4.69, 9.17) is 5.73 Å². The Bertz CT molecular complexity index is 305. The predicted octanol–water partition coefficient (Wildman–Crippen LogP) is 2.25. The molecule has 0 aromatic heterocycles. The first-order valence-electron chi connectivity index (χ1n) is 7.57. The highest BCUT2D eigenvalue weighted by atomic mass is 16.2. The molecule has 18 heavy (non-hydrogen) atoms. The number of hydrogen-bond donors (Lipinski definition) is 1. The van der Waals surface area contributed by atoms with Crippen LogP contribution in [0.2, 0.25) is 0 Å². The molecular formula is C15H28N2O. The van der Waals surface area contributed by atoms with Gasteiger partial charge in [-0.3, -0.25) is 4.79 Å². The molecule has 3 nitrogen and oxygen atoms in total. The van der Waals surface area contributed by atoms with Gasteiger partial charge in [-0.25, -0.2) is 0 Å². The van der Waals surface area contributed by atoms with Crippen LogP contribution in [0, 0.1) is 23.7 Å². The maximum atomic E-state index is 12.6. The second-order valence-corrected chi connectivity index (χ2v) is 6.54. The van der Waals surface area contributed by atoms with Gasteiger partial charge in [0, 0.05) is 25.0 Å². The van der Waals surface area contributed by atoms with Crippen LogP contribution in [0.25, 0.3) is 0 Å². The molecule has 2 rings (SSSR count). The van der Waals surface area contributed by atoms with Crippen LogP contribution in [0.4, 0.5) is 0 Å². The van der Waals surface area contributed by atoms with Gasteiger partial charge < -0.3 is 10.6 Å². The van der Waals surface area contributed by atoms with Crippen molar-refractivity contribution in [2.45, 2.75) is 52.5 Å². The van der Waals surface area contributed by atoms with E-state index in [0.717, 1.165) is 31.8 Å². The number of carbonyl (C=O) groups excluding carboxylic acids is 1. The first kappa shape index (κ1) is 13.9. The van der Waals surface area contributed by atoms with E-state index in [-0.39, 0.29) is 12.0 Å². The molecule has 0 aromatic rings. The fourth-order valence-corrected chi connectivity index (χ4v) is 3.63. The average molecular weight is 252 g/mol. The van der Waals surface area contributed by atoms with Crippen molar-refractivity contribution in [2.24, 2.45) is 29.4 Å². The minimum absolute atomic E-state index is 0.173. The number of amides is 1. The number of carbonyl (C=O) groups is 1. The van der Waals surface area contributed by atoms with Gasteiger partial charge in [0.05, 0.1) is 0 Å². The minimum atomic E-state index is 0.173. The van der Waals surface area contributed by atoms with Crippen LogP contribution in [0.1, 0.15) is 46.5 Å². The summed E-state index contributed by atoms with van der Waals surface area (Å²) in [6.45, 7) is 8.59. The Morgan fingerprint density at radius 2 is 2.00 bits per heavy atom. The predicted molar refractivity (Wildman–Crippen MR) is 74.0 cm³/mol. The summed E-state index contributed by atoms with van der Waals surface area (Å²) in [4.78, 5) is 14.7. The molecule has 1 amide bonds. The topological polar surface area (TPSA) is 46.3 Å². The molecule has 0 spiro atoms. The van der Waals surface area contributed by atoms with Gasteiger partial charge in [-0.1, -0.05) is 27.2 Å². The molecular weight excluding hydrogens is 224 g/mol. The zero-order valence-electron chi connectivity index (χ0n) is 12.1. The third-order valence-corrected chi connectivity index (χ3v) is 5.18. The largest absolute Gasteiger partial charge is 0.342 e. The number of nitrogens with two attached hydrogens (primary N) is 1. The van der Waals surface area contributed by atoms with Crippen molar-refractivity contribution in [3.8, 4) is 0 Å². The highest BCUT2D eigenvalue weighted by Gasteiger charge is 2.38.